The molecule has 0 saturated heterocycles. The minimum Gasteiger partial charge on any atom is -0.478 e. The first-order valence-corrected chi connectivity index (χ1v) is 6.48. The van der Waals surface area contributed by atoms with Gasteiger partial charge in [-0.1, -0.05) is 24.3 Å². The number of nitrogens with one attached hydrogen (secondary N) is 1. The van der Waals surface area contributed by atoms with Crippen molar-refractivity contribution in [2.45, 2.75) is 6.54 Å². The highest BCUT2D eigenvalue weighted by molar-refractivity contribution is 6.06. The Labute approximate surface area is 121 Å². The van der Waals surface area contributed by atoms with E-state index in [-0.39, 0.29) is 5.56 Å². The lowest BCUT2D eigenvalue weighted by Gasteiger charge is -2.10. The minimum atomic E-state index is -0.975. The van der Waals surface area contributed by atoms with Crippen LogP contribution in [-0.4, -0.2) is 25.8 Å². The smallest absolute Gasteiger partial charge is 0.337 e. The normalized spacial score (nSPS) is 10.7. The Morgan fingerprint density at radius 2 is 2.05 bits per heavy atom. The Balaban J connectivity index is 1.98. The van der Waals surface area contributed by atoms with Crippen LogP contribution in [0.3, 0.4) is 0 Å². The zero-order chi connectivity index (χ0) is 14.8. The molecule has 21 heavy (non-hydrogen) atoms. The fourth-order valence-electron chi connectivity index (χ4n) is 2.25. The largest absolute Gasteiger partial charge is 0.478 e. The quantitative estimate of drug-likeness (QED) is 0.767. The maximum absolute atomic E-state index is 11.2. The molecule has 6 heteroatoms. The van der Waals surface area contributed by atoms with Crippen molar-refractivity contribution in [1.82, 2.24) is 14.8 Å². The van der Waals surface area contributed by atoms with Crippen LogP contribution in [0.25, 0.3) is 10.8 Å². The number of aryl methyl sites for hydroxylation is 1. The van der Waals surface area contributed by atoms with Crippen LogP contribution in [0.5, 0.6) is 0 Å². The van der Waals surface area contributed by atoms with Gasteiger partial charge in [0.2, 0.25) is 0 Å². The summed E-state index contributed by atoms with van der Waals surface area (Å²) in [6.07, 6.45) is 3.12. The minimum absolute atomic E-state index is 0.205. The van der Waals surface area contributed by atoms with E-state index in [0.29, 0.717) is 17.7 Å². The molecule has 0 aliphatic carbocycles. The number of rotatable bonds is 4. The molecular weight excluding hydrogens is 268 g/mol. The van der Waals surface area contributed by atoms with E-state index in [2.05, 4.69) is 15.4 Å². The number of benzene rings is 1. The van der Waals surface area contributed by atoms with E-state index in [0.717, 1.165) is 11.1 Å². The van der Waals surface area contributed by atoms with Crippen molar-refractivity contribution in [2.75, 3.05) is 5.32 Å². The number of aromatic nitrogens is 3. The molecule has 0 atom stereocenters. The third-order valence-electron chi connectivity index (χ3n) is 3.38. The number of carbonyl (C=O) groups is 1. The fourth-order valence-corrected chi connectivity index (χ4v) is 2.25. The van der Waals surface area contributed by atoms with Gasteiger partial charge in [0.15, 0.2) is 0 Å². The highest BCUT2D eigenvalue weighted by atomic mass is 16.4. The summed E-state index contributed by atoms with van der Waals surface area (Å²) in [5.41, 5.74) is 1.22. The molecule has 106 valence electrons. The number of hydrogen-bond acceptors (Lipinski definition) is 4. The molecule has 2 N–H and O–H groups in total. The Bertz CT molecular complexity index is 810. The summed E-state index contributed by atoms with van der Waals surface area (Å²) in [7, 11) is 1.87. The van der Waals surface area contributed by atoms with Crippen LogP contribution >= 0.6 is 0 Å². The van der Waals surface area contributed by atoms with Gasteiger partial charge in [-0.3, -0.25) is 4.68 Å². The molecule has 0 fully saturated rings. The van der Waals surface area contributed by atoms with Crippen LogP contribution < -0.4 is 5.32 Å². The second kappa shape index (κ2) is 5.24. The van der Waals surface area contributed by atoms with E-state index in [1.54, 1.807) is 16.9 Å². The lowest BCUT2D eigenvalue weighted by molar-refractivity contribution is 0.0698. The van der Waals surface area contributed by atoms with Crippen LogP contribution in [0.15, 0.2) is 42.7 Å². The number of hydrogen-bond donors (Lipinski definition) is 2. The third-order valence-corrected chi connectivity index (χ3v) is 3.38. The van der Waals surface area contributed by atoms with Gasteiger partial charge in [-0.25, -0.2) is 9.78 Å². The zero-order valence-electron chi connectivity index (χ0n) is 11.4. The molecule has 0 radical (unpaired) electrons. The maximum atomic E-state index is 11.2. The van der Waals surface area contributed by atoms with E-state index < -0.39 is 5.97 Å². The summed E-state index contributed by atoms with van der Waals surface area (Å²) in [5, 5.41) is 18.0. The molecule has 3 aromatic rings. The number of nitrogens with zero attached hydrogens (tertiary/aromatic N) is 3. The van der Waals surface area contributed by atoms with Crippen molar-refractivity contribution in [1.29, 1.82) is 0 Å². The number of carboxylic acids is 1. The van der Waals surface area contributed by atoms with Crippen molar-refractivity contribution in [3.63, 3.8) is 0 Å². The first-order valence-electron chi connectivity index (χ1n) is 6.48. The summed E-state index contributed by atoms with van der Waals surface area (Å²) < 4.78 is 1.78. The van der Waals surface area contributed by atoms with E-state index >= 15 is 0 Å². The fraction of sp³-hybridized carbons (Fsp3) is 0.133. The third kappa shape index (κ3) is 2.43. The SMILES string of the molecule is Cn1nccc1CNc1ncc(C(=O)O)c2ccccc12. The van der Waals surface area contributed by atoms with E-state index in [1.165, 1.54) is 6.20 Å². The van der Waals surface area contributed by atoms with E-state index in [1.807, 2.05) is 31.3 Å². The summed E-state index contributed by atoms with van der Waals surface area (Å²) in [5.74, 6) is -0.311. The highest BCUT2D eigenvalue weighted by Crippen LogP contribution is 2.24. The first kappa shape index (κ1) is 13.1. The zero-order valence-corrected chi connectivity index (χ0v) is 11.4. The summed E-state index contributed by atoms with van der Waals surface area (Å²) >= 11 is 0. The Kier molecular flexibility index (Phi) is 3.27. The van der Waals surface area contributed by atoms with E-state index in [9.17, 15) is 9.90 Å². The molecule has 2 aromatic heterocycles. The number of pyridine rings is 1. The van der Waals surface area contributed by atoms with Gasteiger partial charge in [0.1, 0.15) is 5.82 Å². The molecule has 0 bridgehead atoms. The average Bonchev–Trinajstić information content (AvgIpc) is 2.89. The predicted octanol–water partition coefficient (Wildman–Crippen LogP) is 2.28. The second-order valence-corrected chi connectivity index (χ2v) is 4.67. The Hall–Kier alpha value is -2.89. The van der Waals surface area contributed by atoms with Crippen LogP contribution in [0, 0.1) is 0 Å². The Morgan fingerprint density at radius 1 is 1.29 bits per heavy atom. The first-order chi connectivity index (χ1) is 10.2. The summed E-state index contributed by atoms with van der Waals surface area (Å²) in [4.78, 5) is 15.5. The van der Waals surface area contributed by atoms with Crippen LogP contribution in [-0.2, 0) is 13.6 Å². The van der Waals surface area contributed by atoms with Gasteiger partial charge in [-0.15, -0.1) is 0 Å². The topological polar surface area (TPSA) is 80.0 Å². The van der Waals surface area contributed by atoms with E-state index in [4.69, 9.17) is 0 Å². The van der Waals surface area contributed by atoms with Crippen molar-refractivity contribution in [3.05, 3.63) is 54.0 Å². The molecule has 6 nitrogen and oxygen atoms in total. The molecule has 0 aliphatic rings. The maximum Gasteiger partial charge on any atom is 0.337 e. The molecule has 3 rings (SSSR count). The summed E-state index contributed by atoms with van der Waals surface area (Å²) in [6.45, 7) is 0.569. The highest BCUT2D eigenvalue weighted by Gasteiger charge is 2.12. The molecule has 0 aliphatic heterocycles. The predicted molar refractivity (Wildman–Crippen MR) is 79.2 cm³/mol. The van der Waals surface area contributed by atoms with Gasteiger partial charge in [-0.2, -0.15) is 5.10 Å². The number of fused-ring (bicyclic) bond motifs is 1. The molecule has 0 spiro atoms. The van der Waals surface area contributed by atoms with Crippen molar-refractivity contribution in [3.8, 4) is 0 Å². The van der Waals surface area contributed by atoms with Crippen LogP contribution in [0.2, 0.25) is 0 Å². The molecule has 2 heterocycles. The molecule has 0 saturated carbocycles. The number of carboxylic acid groups (broad SMARTS) is 1. The Morgan fingerprint density at radius 3 is 2.71 bits per heavy atom. The van der Waals surface area contributed by atoms with Crippen molar-refractivity contribution >= 4 is 22.6 Å². The lowest BCUT2D eigenvalue weighted by Crippen LogP contribution is -2.08. The van der Waals surface area contributed by atoms with Gasteiger partial charge < -0.3 is 10.4 Å². The second-order valence-electron chi connectivity index (χ2n) is 4.67. The van der Waals surface area contributed by atoms with Gasteiger partial charge in [-0.05, 0) is 6.07 Å². The number of anilines is 1. The lowest BCUT2D eigenvalue weighted by atomic mass is 10.1. The monoisotopic (exact) mass is 282 g/mol. The van der Waals surface area contributed by atoms with Gasteiger partial charge in [0, 0.05) is 30.2 Å². The van der Waals surface area contributed by atoms with Gasteiger partial charge in [0.25, 0.3) is 0 Å². The van der Waals surface area contributed by atoms with Crippen LogP contribution in [0.4, 0.5) is 5.82 Å². The average molecular weight is 282 g/mol. The van der Waals surface area contributed by atoms with Gasteiger partial charge in [0.05, 0.1) is 17.8 Å². The van der Waals surface area contributed by atoms with Crippen molar-refractivity contribution in [2.24, 2.45) is 7.05 Å². The van der Waals surface area contributed by atoms with Crippen molar-refractivity contribution < 1.29 is 9.90 Å². The van der Waals surface area contributed by atoms with Gasteiger partial charge >= 0.3 is 5.97 Å². The molecule has 1 aromatic carbocycles. The molecule has 0 unspecified atom stereocenters. The standard InChI is InChI=1S/C15H14N4O2/c1-19-10(6-7-18-19)8-16-14-12-5-3-2-4-11(12)13(9-17-14)15(20)21/h2-7,9H,8H2,1H3,(H,16,17)(H,20,21). The molecular formula is C15H14N4O2. The number of aromatic carboxylic acids is 1. The molecule has 0 amide bonds. The summed E-state index contributed by atoms with van der Waals surface area (Å²) in [6, 6.07) is 9.25. The van der Waals surface area contributed by atoms with Crippen LogP contribution in [0.1, 0.15) is 16.1 Å².